The zero-order valence-electron chi connectivity index (χ0n) is 9.10. The summed E-state index contributed by atoms with van der Waals surface area (Å²) in [6, 6.07) is 0.471. The first-order valence-electron chi connectivity index (χ1n) is 5.60. The second-order valence-corrected chi connectivity index (χ2v) is 4.89. The number of nitrogens with two attached hydrogens (primary N) is 1. The number of hydrogen-bond acceptors (Lipinski definition) is 2. The molecule has 1 fully saturated rings. The first kappa shape index (κ1) is 11.0. The zero-order chi connectivity index (χ0) is 9.73. The van der Waals surface area contributed by atoms with E-state index in [0.717, 1.165) is 13.1 Å². The highest BCUT2D eigenvalue weighted by Gasteiger charge is 2.26. The van der Waals surface area contributed by atoms with E-state index in [1.54, 1.807) is 0 Å². The standard InChI is InChI=1S/C11H24N2/c1-10(8-12)13-9-11(2)6-4-3-5-7-11/h10,13H,3-9,12H2,1-2H3/t10-/m0/s1. The lowest BCUT2D eigenvalue weighted by atomic mass is 9.75. The van der Waals surface area contributed by atoms with Crippen LogP contribution in [0, 0.1) is 5.41 Å². The molecule has 0 spiro atoms. The molecule has 0 amide bonds. The van der Waals surface area contributed by atoms with Crippen molar-refractivity contribution in [2.45, 2.75) is 52.0 Å². The van der Waals surface area contributed by atoms with Gasteiger partial charge in [0.1, 0.15) is 0 Å². The second-order valence-electron chi connectivity index (χ2n) is 4.89. The maximum absolute atomic E-state index is 5.57. The van der Waals surface area contributed by atoms with Gasteiger partial charge in [0.2, 0.25) is 0 Å². The third-order valence-corrected chi connectivity index (χ3v) is 3.29. The highest BCUT2D eigenvalue weighted by molar-refractivity contribution is 4.81. The van der Waals surface area contributed by atoms with Gasteiger partial charge in [0.05, 0.1) is 0 Å². The molecule has 0 aromatic carbocycles. The predicted molar refractivity (Wildman–Crippen MR) is 57.7 cm³/mol. The monoisotopic (exact) mass is 184 g/mol. The van der Waals surface area contributed by atoms with Crippen molar-refractivity contribution < 1.29 is 0 Å². The van der Waals surface area contributed by atoms with Crippen molar-refractivity contribution in [1.29, 1.82) is 0 Å². The summed E-state index contributed by atoms with van der Waals surface area (Å²) in [7, 11) is 0. The van der Waals surface area contributed by atoms with Gasteiger partial charge in [0.25, 0.3) is 0 Å². The molecule has 0 heterocycles. The van der Waals surface area contributed by atoms with E-state index in [9.17, 15) is 0 Å². The Morgan fingerprint density at radius 1 is 1.31 bits per heavy atom. The third kappa shape index (κ3) is 3.65. The van der Waals surface area contributed by atoms with E-state index in [2.05, 4.69) is 19.2 Å². The molecule has 3 N–H and O–H groups in total. The van der Waals surface area contributed by atoms with Gasteiger partial charge in [0, 0.05) is 19.1 Å². The van der Waals surface area contributed by atoms with Crippen LogP contribution in [0.4, 0.5) is 0 Å². The molecule has 1 aliphatic rings. The minimum Gasteiger partial charge on any atom is -0.329 e. The second kappa shape index (κ2) is 4.97. The smallest absolute Gasteiger partial charge is 0.0162 e. The van der Waals surface area contributed by atoms with Gasteiger partial charge in [-0.2, -0.15) is 0 Å². The Kier molecular flexibility index (Phi) is 4.20. The molecule has 2 nitrogen and oxygen atoms in total. The maximum atomic E-state index is 5.57. The highest BCUT2D eigenvalue weighted by Crippen LogP contribution is 2.34. The normalized spacial score (nSPS) is 24.2. The topological polar surface area (TPSA) is 38.0 Å². The van der Waals surface area contributed by atoms with Crippen LogP contribution in [-0.4, -0.2) is 19.1 Å². The molecular weight excluding hydrogens is 160 g/mol. The zero-order valence-corrected chi connectivity index (χ0v) is 9.10. The Bertz CT molecular complexity index is 139. The number of rotatable bonds is 4. The van der Waals surface area contributed by atoms with Gasteiger partial charge in [0.15, 0.2) is 0 Å². The van der Waals surface area contributed by atoms with Crippen LogP contribution >= 0.6 is 0 Å². The summed E-state index contributed by atoms with van der Waals surface area (Å²) in [4.78, 5) is 0. The summed E-state index contributed by atoms with van der Waals surface area (Å²) in [5, 5.41) is 3.52. The molecule has 0 aromatic rings. The third-order valence-electron chi connectivity index (χ3n) is 3.29. The van der Waals surface area contributed by atoms with Crippen LogP contribution in [0.25, 0.3) is 0 Å². The highest BCUT2D eigenvalue weighted by atomic mass is 14.9. The molecule has 1 saturated carbocycles. The van der Waals surface area contributed by atoms with Gasteiger partial charge in [-0.15, -0.1) is 0 Å². The summed E-state index contributed by atoms with van der Waals surface area (Å²) >= 11 is 0. The Labute approximate surface area is 82.3 Å². The van der Waals surface area contributed by atoms with Crippen LogP contribution in [0.1, 0.15) is 46.0 Å². The lowest BCUT2D eigenvalue weighted by Crippen LogP contribution is -2.41. The summed E-state index contributed by atoms with van der Waals surface area (Å²) in [5.41, 5.74) is 6.11. The summed E-state index contributed by atoms with van der Waals surface area (Å²) < 4.78 is 0. The SMILES string of the molecule is C[C@@H](CN)NCC1(C)CCCCC1. The van der Waals surface area contributed by atoms with Gasteiger partial charge in [-0.3, -0.25) is 0 Å². The fraction of sp³-hybridized carbons (Fsp3) is 1.00. The Morgan fingerprint density at radius 2 is 1.92 bits per heavy atom. The van der Waals surface area contributed by atoms with Crippen molar-refractivity contribution in [1.82, 2.24) is 5.32 Å². The summed E-state index contributed by atoms with van der Waals surface area (Å²) in [5.74, 6) is 0. The molecule has 1 rings (SSSR count). The van der Waals surface area contributed by atoms with E-state index in [-0.39, 0.29) is 0 Å². The van der Waals surface area contributed by atoms with Crippen molar-refractivity contribution in [2.24, 2.45) is 11.1 Å². The van der Waals surface area contributed by atoms with Crippen LogP contribution in [-0.2, 0) is 0 Å². The average Bonchev–Trinajstić information content (AvgIpc) is 2.15. The van der Waals surface area contributed by atoms with Crippen molar-refractivity contribution in [2.75, 3.05) is 13.1 Å². The molecule has 0 bridgehead atoms. The van der Waals surface area contributed by atoms with Crippen molar-refractivity contribution in [3.8, 4) is 0 Å². The lowest BCUT2D eigenvalue weighted by Gasteiger charge is -2.34. The molecule has 1 aliphatic carbocycles. The van der Waals surface area contributed by atoms with E-state index in [4.69, 9.17) is 5.73 Å². The fourth-order valence-electron chi connectivity index (χ4n) is 2.09. The van der Waals surface area contributed by atoms with E-state index < -0.39 is 0 Å². The molecule has 0 aromatic heterocycles. The number of hydrogen-bond donors (Lipinski definition) is 2. The first-order chi connectivity index (χ1) is 6.16. The quantitative estimate of drug-likeness (QED) is 0.700. The molecular formula is C11H24N2. The van der Waals surface area contributed by atoms with Crippen molar-refractivity contribution >= 4 is 0 Å². The predicted octanol–water partition coefficient (Wildman–Crippen LogP) is 1.89. The first-order valence-corrected chi connectivity index (χ1v) is 5.60. The van der Waals surface area contributed by atoms with Gasteiger partial charge in [-0.25, -0.2) is 0 Å². The minimum absolute atomic E-state index is 0.471. The molecule has 0 saturated heterocycles. The minimum atomic E-state index is 0.471. The van der Waals surface area contributed by atoms with Gasteiger partial charge in [-0.1, -0.05) is 26.2 Å². The molecule has 0 aliphatic heterocycles. The molecule has 78 valence electrons. The van der Waals surface area contributed by atoms with E-state index in [0.29, 0.717) is 11.5 Å². The fourth-order valence-corrected chi connectivity index (χ4v) is 2.09. The molecule has 13 heavy (non-hydrogen) atoms. The van der Waals surface area contributed by atoms with Gasteiger partial charge < -0.3 is 11.1 Å². The largest absolute Gasteiger partial charge is 0.329 e. The van der Waals surface area contributed by atoms with Crippen molar-refractivity contribution in [3.05, 3.63) is 0 Å². The van der Waals surface area contributed by atoms with E-state index in [1.165, 1.54) is 32.1 Å². The number of nitrogens with one attached hydrogen (secondary N) is 1. The van der Waals surface area contributed by atoms with E-state index in [1.807, 2.05) is 0 Å². The lowest BCUT2D eigenvalue weighted by molar-refractivity contribution is 0.202. The van der Waals surface area contributed by atoms with Gasteiger partial charge in [-0.05, 0) is 25.2 Å². The maximum Gasteiger partial charge on any atom is 0.0162 e. The van der Waals surface area contributed by atoms with Crippen LogP contribution in [0.15, 0.2) is 0 Å². The molecule has 0 radical (unpaired) electrons. The van der Waals surface area contributed by atoms with Crippen LogP contribution in [0.2, 0.25) is 0 Å². The Balaban J connectivity index is 2.24. The average molecular weight is 184 g/mol. The summed E-state index contributed by atoms with van der Waals surface area (Å²) in [6.45, 7) is 6.45. The van der Waals surface area contributed by atoms with E-state index >= 15 is 0 Å². The van der Waals surface area contributed by atoms with Crippen LogP contribution < -0.4 is 11.1 Å². The van der Waals surface area contributed by atoms with Crippen LogP contribution in [0.5, 0.6) is 0 Å². The Morgan fingerprint density at radius 3 is 2.46 bits per heavy atom. The molecule has 2 heteroatoms. The molecule has 1 atom stereocenters. The van der Waals surface area contributed by atoms with Crippen molar-refractivity contribution in [3.63, 3.8) is 0 Å². The van der Waals surface area contributed by atoms with Crippen LogP contribution in [0.3, 0.4) is 0 Å². The summed E-state index contributed by atoms with van der Waals surface area (Å²) in [6.07, 6.45) is 7.03. The molecule has 0 unspecified atom stereocenters. The van der Waals surface area contributed by atoms with Gasteiger partial charge >= 0.3 is 0 Å². The Hall–Kier alpha value is -0.0800.